The van der Waals surface area contributed by atoms with Crippen molar-refractivity contribution in [2.45, 2.75) is 32.7 Å². The minimum absolute atomic E-state index is 0.0943. The van der Waals surface area contributed by atoms with E-state index < -0.39 is 4.92 Å². The largest absolute Gasteiger partial charge is 0.419 e. The number of nitrogens with zero attached hydrogens (tertiary/aromatic N) is 4. The predicted octanol–water partition coefficient (Wildman–Crippen LogP) is 2.94. The number of likely N-dealkylation sites (tertiary alicyclic amines) is 1. The first-order valence-electron chi connectivity index (χ1n) is 7.43. The van der Waals surface area contributed by atoms with Gasteiger partial charge in [0.1, 0.15) is 0 Å². The fourth-order valence-electron chi connectivity index (χ4n) is 2.74. The summed E-state index contributed by atoms with van der Waals surface area (Å²) in [4.78, 5) is 12.8. The Morgan fingerprint density at radius 3 is 2.73 bits per heavy atom. The molecule has 1 saturated heterocycles. The van der Waals surface area contributed by atoms with E-state index in [-0.39, 0.29) is 5.69 Å². The highest BCUT2D eigenvalue weighted by Gasteiger charge is 2.17. The Morgan fingerprint density at radius 2 is 2.05 bits per heavy atom. The van der Waals surface area contributed by atoms with Crippen LogP contribution in [0.3, 0.4) is 0 Å². The maximum absolute atomic E-state index is 10.8. The molecule has 1 aliphatic heterocycles. The minimum Gasteiger partial charge on any atom is -0.419 e. The van der Waals surface area contributed by atoms with Gasteiger partial charge in [0.25, 0.3) is 5.69 Å². The molecule has 3 rings (SSSR count). The van der Waals surface area contributed by atoms with Crippen molar-refractivity contribution in [2.75, 3.05) is 13.1 Å². The monoisotopic (exact) mass is 302 g/mol. The molecule has 1 aromatic carbocycles. The maximum atomic E-state index is 10.8. The molecular weight excluding hydrogens is 284 g/mol. The van der Waals surface area contributed by atoms with E-state index in [1.54, 1.807) is 19.1 Å². The van der Waals surface area contributed by atoms with E-state index >= 15 is 0 Å². The van der Waals surface area contributed by atoms with Crippen LogP contribution in [0.4, 0.5) is 5.69 Å². The normalized spacial score (nSPS) is 15.9. The SMILES string of the molecule is Cc1cc(-c2nnc(CN3CCCCC3)o2)ccc1[N+](=O)[O-]. The van der Waals surface area contributed by atoms with Crippen LogP contribution in [0.15, 0.2) is 22.6 Å². The van der Waals surface area contributed by atoms with Gasteiger partial charge in [-0.3, -0.25) is 15.0 Å². The average Bonchev–Trinajstić information content (AvgIpc) is 2.96. The number of piperidine rings is 1. The first-order valence-corrected chi connectivity index (χ1v) is 7.43. The van der Waals surface area contributed by atoms with Crippen LogP contribution in [-0.4, -0.2) is 33.1 Å². The van der Waals surface area contributed by atoms with E-state index in [2.05, 4.69) is 15.1 Å². The van der Waals surface area contributed by atoms with Gasteiger partial charge in [0.2, 0.25) is 11.8 Å². The molecule has 7 heteroatoms. The van der Waals surface area contributed by atoms with Crippen molar-refractivity contribution in [1.29, 1.82) is 0 Å². The van der Waals surface area contributed by atoms with Crippen LogP contribution in [-0.2, 0) is 6.54 Å². The molecule has 22 heavy (non-hydrogen) atoms. The van der Waals surface area contributed by atoms with Gasteiger partial charge in [0.05, 0.1) is 11.5 Å². The number of benzene rings is 1. The Labute approximate surface area is 128 Å². The average molecular weight is 302 g/mol. The quantitative estimate of drug-likeness (QED) is 0.637. The molecular formula is C15H18N4O3. The second-order valence-corrected chi connectivity index (χ2v) is 5.60. The van der Waals surface area contributed by atoms with E-state index in [0.717, 1.165) is 13.1 Å². The van der Waals surface area contributed by atoms with Gasteiger partial charge in [0, 0.05) is 17.2 Å². The summed E-state index contributed by atoms with van der Waals surface area (Å²) in [7, 11) is 0. The van der Waals surface area contributed by atoms with Crippen LogP contribution in [0.2, 0.25) is 0 Å². The van der Waals surface area contributed by atoms with E-state index in [9.17, 15) is 10.1 Å². The molecule has 0 radical (unpaired) electrons. The zero-order valence-electron chi connectivity index (χ0n) is 12.5. The van der Waals surface area contributed by atoms with Crippen LogP contribution in [0.5, 0.6) is 0 Å². The highest BCUT2D eigenvalue weighted by Crippen LogP contribution is 2.25. The van der Waals surface area contributed by atoms with Gasteiger partial charge in [-0.25, -0.2) is 0 Å². The number of hydrogen-bond donors (Lipinski definition) is 0. The fourth-order valence-corrected chi connectivity index (χ4v) is 2.74. The standard InChI is InChI=1S/C15H18N4O3/c1-11-9-12(5-6-13(11)19(20)21)15-17-16-14(22-15)10-18-7-3-2-4-8-18/h5-6,9H,2-4,7-8,10H2,1H3. The van der Waals surface area contributed by atoms with E-state index in [1.165, 1.54) is 25.3 Å². The second kappa shape index (κ2) is 6.23. The first-order chi connectivity index (χ1) is 10.6. The Morgan fingerprint density at radius 1 is 1.27 bits per heavy atom. The fraction of sp³-hybridized carbons (Fsp3) is 0.467. The summed E-state index contributed by atoms with van der Waals surface area (Å²) in [5.74, 6) is 0.998. The van der Waals surface area contributed by atoms with Crippen LogP contribution in [0.25, 0.3) is 11.5 Å². The summed E-state index contributed by atoms with van der Waals surface area (Å²) in [5.41, 5.74) is 1.38. The molecule has 2 heterocycles. The number of nitro groups is 1. The zero-order chi connectivity index (χ0) is 15.5. The summed E-state index contributed by atoms with van der Waals surface area (Å²) >= 11 is 0. The number of hydrogen-bond acceptors (Lipinski definition) is 6. The van der Waals surface area contributed by atoms with Crippen LogP contribution < -0.4 is 0 Å². The van der Waals surface area contributed by atoms with Gasteiger partial charge in [-0.15, -0.1) is 10.2 Å². The van der Waals surface area contributed by atoms with Crippen molar-refractivity contribution < 1.29 is 9.34 Å². The summed E-state index contributed by atoms with van der Waals surface area (Å²) in [5, 5.41) is 19.0. The number of rotatable bonds is 4. The molecule has 1 aromatic heterocycles. The summed E-state index contributed by atoms with van der Waals surface area (Å²) in [6.07, 6.45) is 3.71. The number of aryl methyl sites for hydroxylation is 1. The molecule has 0 amide bonds. The van der Waals surface area contributed by atoms with Gasteiger partial charge in [-0.1, -0.05) is 6.42 Å². The zero-order valence-corrected chi connectivity index (χ0v) is 12.5. The Balaban J connectivity index is 1.75. The second-order valence-electron chi connectivity index (χ2n) is 5.60. The van der Waals surface area contributed by atoms with Gasteiger partial charge in [0.15, 0.2) is 0 Å². The topological polar surface area (TPSA) is 85.3 Å². The molecule has 0 atom stereocenters. The van der Waals surface area contributed by atoms with Crippen molar-refractivity contribution in [3.05, 3.63) is 39.8 Å². The molecule has 0 N–H and O–H groups in total. The Kier molecular flexibility index (Phi) is 4.15. The lowest BCUT2D eigenvalue weighted by molar-refractivity contribution is -0.385. The molecule has 2 aromatic rings. The third kappa shape index (κ3) is 3.14. The van der Waals surface area contributed by atoms with Crippen LogP contribution >= 0.6 is 0 Å². The van der Waals surface area contributed by atoms with Gasteiger partial charge < -0.3 is 4.42 Å². The molecule has 0 spiro atoms. The first kappa shape index (κ1) is 14.6. The highest BCUT2D eigenvalue weighted by atomic mass is 16.6. The molecule has 7 nitrogen and oxygen atoms in total. The molecule has 1 aliphatic rings. The van der Waals surface area contributed by atoms with Crippen molar-refractivity contribution in [3.8, 4) is 11.5 Å². The highest BCUT2D eigenvalue weighted by molar-refractivity contribution is 5.58. The minimum atomic E-state index is -0.394. The van der Waals surface area contributed by atoms with Crippen LogP contribution in [0, 0.1) is 17.0 Å². The lowest BCUT2D eigenvalue weighted by Gasteiger charge is -2.24. The summed E-state index contributed by atoms with van der Waals surface area (Å²) in [6.45, 7) is 4.49. The van der Waals surface area contributed by atoms with Crippen molar-refractivity contribution in [3.63, 3.8) is 0 Å². The van der Waals surface area contributed by atoms with Crippen molar-refractivity contribution >= 4 is 5.69 Å². The molecule has 0 unspecified atom stereocenters. The van der Waals surface area contributed by atoms with E-state index in [0.29, 0.717) is 29.5 Å². The Hall–Kier alpha value is -2.28. The molecule has 116 valence electrons. The van der Waals surface area contributed by atoms with Gasteiger partial charge >= 0.3 is 0 Å². The maximum Gasteiger partial charge on any atom is 0.272 e. The predicted molar refractivity (Wildman–Crippen MR) is 80.3 cm³/mol. The molecule has 0 saturated carbocycles. The third-order valence-electron chi connectivity index (χ3n) is 3.91. The van der Waals surface area contributed by atoms with E-state index in [4.69, 9.17) is 4.42 Å². The summed E-state index contributed by atoms with van der Waals surface area (Å²) < 4.78 is 5.69. The number of aromatic nitrogens is 2. The lowest BCUT2D eigenvalue weighted by atomic mass is 10.1. The third-order valence-corrected chi connectivity index (χ3v) is 3.91. The van der Waals surface area contributed by atoms with Crippen molar-refractivity contribution in [1.82, 2.24) is 15.1 Å². The molecule has 0 bridgehead atoms. The van der Waals surface area contributed by atoms with E-state index in [1.807, 2.05) is 0 Å². The lowest BCUT2D eigenvalue weighted by Crippen LogP contribution is -2.29. The van der Waals surface area contributed by atoms with Crippen molar-refractivity contribution in [2.24, 2.45) is 0 Å². The Bertz CT molecular complexity index is 677. The van der Waals surface area contributed by atoms with Gasteiger partial charge in [-0.2, -0.15) is 0 Å². The molecule has 1 fully saturated rings. The number of nitro benzene ring substituents is 1. The smallest absolute Gasteiger partial charge is 0.272 e. The van der Waals surface area contributed by atoms with Gasteiger partial charge in [-0.05, 0) is 45.0 Å². The molecule has 0 aliphatic carbocycles. The van der Waals surface area contributed by atoms with Crippen LogP contribution in [0.1, 0.15) is 30.7 Å². The summed E-state index contributed by atoms with van der Waals surface area (Å²) in [6, 6.07) is 4.82.